The molecule has 0 N–H and O–H groups in total. The number of rotatable bonds is 5. The molecule has 0 spiro atoms. The van der Waals surface area contributed by atoms with E-state index in [1.54, 1.807) is 22.7 Å². The zero-order valence-electron chi connectivity index (χ0n) is 16.1. The number of sulfonamides is 1. The fourth-order valence-corrected chi connectivity index (χ4v) is 8.98. The van der Waals surface area contributed by atoms with Crippen molar-refractivity contribution in [1.82, 2.24) is 9.21 Å². The van der Waals surface area contributed by atoms with Gasteiger partial charge in [0.1, 0.15) is 0 Å². The average molecular weight is 447 g/mol. The van der Waals surface area contributed by atoms with Gasteiger partial charge in [0.15, 0.2) is 9.84 Å². The number of piperazine rings is 1. The Balaban J connectivity index is 1.67. The molecule has 0 radical (unpaired) electrons. The summed E-state index contributed by atoms with van der Waals surface area (Å²) in [4.78, 5) is 15.6. The van der Waals surface area contributed by atoms with Crippen molar-refractivity contribution < 1.29 is 21.6 Å². The average Bonchev–Trinajstić information content (AvgIpc) is 3.02. The highest BCUT2D eigenvalue weighted by Crippen LogP contribution is 2.28. The second-order valence-corrected chi connectivity index (χ2v) is 13.5. The lowest BCUT2D eigenvalue weighted by Crippen LogP contribution is -2.52. The molecule has 2 aliphatic heterocycles. The van der Waals surface area contributed by atoms with Gasteiger partial charge in [-0.3, -0.25) is 4.79 Å². The van der Waals surface area contributed by atoms with Crippen LogP contribution in [0.4, 0.5) is 0 Å². The third kappa shape index (κ3) is 4.72. The number of hydrogen-bond acceptors (Lipinski definition) is 6. The van der Waals surface area contributed by atoms with Crippen LogP contribution in [0.1, 0.15) is 30.6 Å². The number of thioether (sulfide) groups is 1. The van der Waals surface area contributed by atoms with Gasteiger partial charge in [-0.15, -0.1) is 11.8 Å². The molecular formula is C18H26N2O5S3. The van der Waals surface area contributed by atoms with Crippen LogP contribution in [-0.4, -0.2) is 80.1 Å². The molecule has 3 rings (SSSR count). The van der Waals surface area contributed by atoms with Gasteiger partial charge in [-0.25, -0.2) is 16.8 Å². The lowest BCUT2D eigenvalue weighted by Gasteiger charge is -2.35. The molecule has 0 aliphatic carbocycles. The fraction of sp³-hybridized carbons (Fsp3) is 0.611. The second-order valence-electron chi connectivity index (χ2n) is 7.42. The van der Waals surface area contributed by atoms with Crippen LogP contribution in [0.3, 0.4) is 0 Å². The monoisotopic (exact) mass is 446 g/mol. The van der Waals surface area contributed by atoms with Gasteiger partial charge in [0.2, 0.25) is 10.0 Å². The molecule has 0 aromatic heterocycles. The minimum atomic E-state index is -3.66. The van der Waals surface area contributed by atoms with E-state index in [1.165, 1.54) is 4.31 Å². The molecule has 0 saturated carbocycles. The number of amides is 1. The molecule has 1 unspecified atom stereocenters. The van der Waals surface area contributed by atoms with E-state index in [0.29, 0.717) is 23.9 Å². The molecule has 2 fully saturated rings. The van der Waals surface area contributed by atoms with Crippen molar-refractivity contribution in [3.8, 4) is 0 Å². The van der Waals surface area contributed by atoms with Gasteiger partial charge >= 0.3 is 0 Å². The molecular weight excluding hydrogens is 420 g/mol. The smallest absolute Gasteiger partial charge is 0.255 e. The Morgan fingerprint density at radius 1 is 1.14 bits per heavy atom. The van der Waals surface area contributed by atoms with Gasteiger partial charge in [-0.2, -0.15) is 4.31 Å². The van der Waals surface area contributed by atoms with Crippen molar-refractivity contribution in [2.24, 2.45) is 0 Å². The van der Waals surface area contributed by atoms with Gasteiger partial charge in [-0.1, -0.05) is 26.0 Å². The minimum absolute atomic E-state index is 0.0698. The highest BCUT2D eigenvalue weighted by Gasteiger charge is 2.41. The van der Waals surface area contributed by atoms with E-state index < -0.39 is 25.1 Å². The van der Waals surface area contributed by atoms with Crippen molar-refractivity contribution in [3.05, 3.63) is 29.8 Å². The van der Waals surface area contributed by atoms with Gasteiger partial charge in [-0.05, 0) is 18.6 Å². The Kier molecular flexibility index (Phi) is 6.43. The van der Waals surface area contributed by atoms with E-state index in [4.69, 9.17) is 0 Å². The molecule has 2 saturated heterocycles. The summed E-state index contributed by atoms with van der Waals surface area (Å²) in [6.45, 7) is 5.14. The minimum Gasteiger partial charge on any atom is -0.336 e. The lowest BCUT2D eigenvalue weighted by molar-refractivity contribution is 0.0694. The largest absolute Gasteiger partial charge is 0.336 e. The first-order valence-electron chi connectivity index (χ1n) is 9.34. The van der Waals surface area contributed by atoms with E-state index in [9.17, 15) is 21.6 Å². The molecule has 10 heteroatoms. The van der Waals surface area contributed by atoms with E-state index in [1.807, 2.05) is 18.2 Å². The van der Waals surface area contributed by atoms with E-state index >= 15 is 0 Å². The Hall–Kier alpha value is -1.10. The predicted octanol–water partition coefficient (Wildman–Crippen LogP) is 1.46. The number of carbonyl (C=O) groups excluding carboxylic acids is 1. The van der Waals surface area contributed by atoms with Gasteiger partial charge in [0.05, 0.1) is 22.3 Å². The molecule has 0 bridgehead atoms. The first-order chi connectivity index (χ1) is 13.1. The summed E-state index contributed by atoms with van der Waals surface area (Å²) in [5.41, 5.74) is 0.638. The standard InChI is InChI=1S/C18H26N2O5S3/c1-14(2)26-17-6-4-3-5-16(17)18(21)19-8-10-20(11-9-19)28(24,25)15-7-12-27(22,23)13-15/h3-6,14-15H,7-13H2,1-2H3. The van der Waals surface area contributed by atoms with Crippen LogP contribution >= 0.6 is 11.8 Å². The van der Waals surface area contributed by atoms with E-state index in [-0.39, 0.29) is 36.9 Å². The highest BCUT2D eigenvalue weighted by molar-refractivity contribution is 8.00. The summed E-state index contributed by atoms with van der Waals surface area (Å²) in [6, 6.07) is 7.47. The summed E-state index contributed by atoms with van der Waals surface area (Å²) in [5, 5.41) is -0.512. The van der Waals surface area contributed by atoms with E-state index in [0.717, 1.165) is 4.90 Å². The Labute approximate surface area is 171 Å². The maximum absolute atomic E-state index is 13.0. The SMILES string of the molecule is CC(C)Sc1ccccc1C(=O)N1CCN(S(=O)(=O)C2CCS(=O)(=O)C2)CC1. The zero-order valence-corrected chi connectivity index (χ0v) is 18.5. The molecule has 156 valence electrons. The molecule has 1 amide bonds. The molecule has 1 aromatic carbocycles. The van der Waals surface area contributed by atoms with Crippen LogP contribution in [0.15, 0.2) is 29.2 Å². The second kappa shape index (κ2) is 8.33. The molecule has 1 aromatic rings. The highest BCUT2D eigenvalue weighted by atomic mass is 32.2. The van der Waals surface area contributed by atoms with Crippen molar-refractivity contribution in [1.29, 1.82) is 0 Å². The molecule has 28 heavy (non-hydrogen) atoms. The maximum Gasteiger partial charge on any atom is 0.255 e. The van der Waals surface area contributed by atoms with Gasteiger partial charge in [0.25, 0.3) is 5.91 Å². The topological polar surface area (TPSA) is 91.8 Å². The molecule has 2 heterocycles. The first kappa shape index (κ1) is 21.6. The van der Waals surface area contributed by atoms with Gasteiger partial charge < -0.3 is 4.90 Å². The third-order valence-electron chi connectivity index (χ3n) is 4.98. The Bertz CT molecular complexity index is 936. The number of carbonyl (C=O) groups is 1. The Morgan fingerprint density at radius 2 is 1.79 bits per heavy atom. The van der Waals surface area contributed by atoms with E-state index in [2.05, 4.69) is 13.8 Å². The number of sulfone groups is 1. The predicted molar refractivity (Wildman–Crippen MR) is 111 cm³/mol. The van der Waals surface area contributed by atoms with Crippen LogP contribution in [0.2, 0.25) is 0 Å². The Morgan fingerprint density at radius 3 is 2.36 bits per heavy atom. The van der Waals surface area contributed by atoms with Crippen LogP contribution in [0, 0.1) is 0 Å². The van der Waals surface area contributed by atoms with Crippen LogP contribution in [0.5, 0.6) is 0 Å². The van der Waals surface area contributed by atoms with Crippen molar-refractivity contribution in [3.63, 3.8) is 0 Å². The number of nitrogens with zero attached hydrogens (tertiary/aromatic N) is 2. The zero-order chi connectivity index (χ0) is 20.5. The van der Waals surface area contributed by atoms with Crippen molar-refractivity contribution in [2.75, 3.05) is 37.7 Å². The number of benzene rings is 1. The van der Waals surface area contributed by atoms with Crippen molar-refractivity contribution >= 4 is 37.5 Å². The maximum atomic E-state index is 13.0. The summed E-state index contributed by atoms with van der Waals surface area (Å²) >= 11 is 1.63. The van der Waals surface area contributed by atoms with Crippen LogP contribution in [0.25, 0.3) is 0 Å². The van der Waals surface area contributed by atoms with Crippen molar-refractivity contribution in [2.45, 2.75) is 35.7 Å². The summed E-state index contributed by atoms with van der Waals surface area (Å²) in [7, 11) is -6.92. The quantitative estimate of drug-likeness (QED) is 0.636. The summed E-state index contributed by atoms with van der Waals surface area (Å²) < 4.78 is 50.1. The lowest BCUT2D eigenvalue weighted by atomic mass is 10.2. The normalized spacial score (nSPS) is 23.2. The number of hydrogen-bond donors (Lipinski definition) is 0. The summed E-state index contributed by atoms with van der Waals surface area (Å²) in [5.74, 6) is -0.460. The van der Waals surface area contributed by atoms with Crippen LogP contribution in [-0.2, 0) is 19.9 Å². The molecule has 1 atom stereocenters. The molecule has 2 aliphatic rings. The first-order valence-corrected chi connectivity index (χ1v) is 13.5. The van der Waals surface area contributed by atoms with Gasteiger partial charge in [0, 0.05) is 36.3 Å². The summed E-state index contributed by atoms with van der Waals surface area (Å²) in [6.07, 6.45) is 0.156. The van der Waals surface area contributed by atoms with Crippen LogP contribution < -0.4 is 0 Å². The fourth-order valence-electron chi connectivity index (χ4n) is 3.52. The third-order valence-corrected chi connectivity index (χ3v) is 10.4. The molecule has 7 nitrogen and oxygen atoms in total.